The Morgan fingerprint density at radius 3 is 2.35 bits per heavy atom. The molecule has 0 N–H and O–H groups in total. The van der Waals surface area contributed by atoms with Crippen LogP contribution in [0.4, 0.5) is 0 Å². The van der Waals surface area contributed by atoms with Gasteiger partial charge in [-0.25, -0.2) is 0 Å². The second-order valence-corrected chi connectivity index (χ2v) is 4.16. The number of hydrogen-bond acceptors (Lipinski definition) is 3. The maximum absolute atomic E-state index is 11.1. The zero-order valence-corrected chi connectivity index (χ0v) is 9.63. The number of piperazine rings is 1. The Kier molecular flexibility index (Phi) is 3.88. The molecule has 1 fully saturated rings. The Hall–Kier alpha value is -1.68. The van der Waals surface area contributed by atoms with Crippen molar-refractivity contribution in [1.29, 1.82) is 0 Å². The predicted octanol–water partition coefficient (Wildman–Crippen LogP) is 0.440. The molecule has 0 saturated carbocycles. The van der Waals surface area contributed by atoms with Crippen LogP contribution in [0.15, 0.2) is 30.3 Å². The van der Waals surface area contributed by atoms with Crippen molar-refractivity contribution >= 4 is 12.2 Å². The van der Waals surface area contributed by atoms with Crippen LogP contribution in [-0.4, -0.2) is 48.2 Å². The predicted molar refractivity (Wildman–Crippen MR) is 64.0 cm³/mol. The third-order valence-corrected chi connectivity index (χ3v) is 3.00. The van der Waals surface area contributed by atoms with Gasteiger partial charge in [0.1, 0.15) is 0 Å². The first-order chi connectivity index (χ1) is 8.29. The Morgan fingerprint density at radius 2 is 1.76 bits per heavy atom. The molecule has 1 aliphatic heterocycles. The molecule has 89 valence electrons. The van der Waals surface area contributed by atoms with Crippen LogP contribution < -0.4 is 0 Å². The standard InChI is InChI=1S/C13H15N2O2/c16-11-13(17)15-8-6-14(7-9-15)10-12-4-2-1-3-5-12/h1-5H,6-10H2. The number of hydrogen-bond donors (Lipinski definition) is 0. The minimum Gasteiger partial charge on any atom is -0.333 e. The van der Waals surface area contributed by atoms with Gasteiger partial charge in [0.05, 0.1) is 0 Å². The second-order valence-electron chi connectivity index (χ2n) is 4.16. The fraction of sp³-hybridized carbons (Fsp3) is 0.385. The number of carbonyl (C=O) groups is 1. The first kappa shape index (κ1) is 11.8. The van der Waals surface area contributed by atoms with Gasteiger partial charge in [-0.3, -0.25) is 14.5 Å². The Morgan fingerprint density at radius 1 is 1.12 bits per heavy atom. The van der Waals surface area contributed by atoms with Crippen molar-refractivity contribution in [3.8, 4) is 0 Å². The molecule has 0 unspecified atom stereocenters. The number of benzene rings is 1. The molecular weight excluding hydrogens is 216 g/mol. The normalized spacial score (nSPS) is 16.8. The van der Waals surface area contributed by atoms with Crippen LogP contribution >= 0.6 is 0 Å². The summed E-state index contributed by atoms with van der Waals surface area (Å²) < 4.78 is 0. The number of rotatable bonds is 3. The van der Waals surface area contributed by atoms with Crippen molar-refractivity contribution in [1.82, 2.24) is 9.80 Å². The molecule has 1 aliphatic rings. The largest absolute Gasteiger partial charge is 0.333 e. The van der Waals surface area contributed by atoms with E-state index in [-0.39, 0.29) is 0 Å². The molecule has 1 saturated heterocycles. The summed E-state index contributed by atoms with van der Waals surface area (Å²) in [6.45, 7) is 3.74. The van der Waals surface area contributed by atoms with Gasteiger partial charge in [-0.2, -0.15) is 0 Å². The highest BCUT2D eigenvalue weighted by molar-refractivity contribution is 6.23. The van der Waals surface area contributed by atoms with Crippen LogP contribution in [0.5, 0.6) is 0 Å². The minimum atomic E-state index is -0.524. The van der Waals surface area contributed by atoms with Crippen LogP contribution in [0.2, 0.25) is 0 Å². The summed E-state index contributed by atoms with van der Waals surface area (Å²) in [5, 5.41) is 0. The van der Waals surface area contributed by atoms with Gasteiger partial charge < -0.3 is 4.90 Å². The molecule has 4 nitrogen and oxygen atoms in total. The molecule has 0 atom stereocenters. The van der Waals surface area contributed by atoms with E-state index in [9.17, 15) is 9.59 Å². The lowest BCUT2D eigenvalue weighted by Crippen LogP contribution is -2.48. The molecule has 1 aromatic rings. The van der Waals surface area contributed by atoms with Crippen LogP contribution in [0.3, 0.4) is 0 Å². The first-order valence-electron chi connectivity index (χ1n) is 5.73. The number of nitrogens with zero attached hydrogens (tertiary/aromatic N) is 2. The zero-order valence-electron chi connectivity index (χ0n) is 9.63. The Balaban J connectivity index is 1.83. The van der Waals surface area contributed by atoms with Crippen molar-refractivity contribution < 1.29 is 9.59 Å². The Labute approximate surface area is 101 Å². The molecule has 1 amide bonds. The molecule has 0 spiro atoms. The van der Waals surface area contributed by atoms with Gasteiger partial charge in [0.2, 0.25) is 0 Å². The van der Waals surface area contributed by atoms with Crippen LogP contribution in [-0.2, 0) is 16.1 Å². The fourth-order valence-corrected chi connectivity index (χ4v) is 2.02. The van der Waals surface area contributed by atoms with E-state index < -0.39 is 5.91 Å². The third-order valence-electron chi connectivity index (χ3n) is 3.00. The van der Waals surface area contributed by atoms with Crippen molar-refractivity contribution in [2.24, 2.45) is 0 Å². The second kappa shape index (κ2) is 5.59. The SMILES string of the molecule is O=[C]C(=O)N1CCN(Cc2ccccc2)CC1. The van der Waals surface area contributed by atoms with E-state index in [0.717, 1.165) is 19.6 Å². The molecular formula is C13H15N2O2. The highest BCUT2D eigenvalue weighted by atomic mass is 16.2. The average molecular weight is 231 g/mol. The minimum absolute atomic E-state index is 0.524. The van der Waals surface area contributed by atoms with Crippen molar-refractivity contribution in [3.05, 3.63) is 35.9 Å². The van der Waals surface area contributed by atoms with Gasteiger partial charge in [0, 0.05) is 32.7 Å². The maximum Gasteiger partial charge on any atom is 0.298 e. The van der Waals surface area contributed by atoms with Crippen LogP contribution in [0.25, 0.3) is 0 Å². The summed E-state index contributed by atoms with van der Waals surface area (Å²) in [6, 6.07) is 10.2. The number of carbonyl (C=O) groups excluding carboxylic acids is 2. The molecule has 1 radical (unpaired) electrons. The molecule has 4 heteroatoms. The summed E-state index contributed by atoms with van der Waals surface area (Å²) >= 11 is 0. The van der Waals surface area contributed by atoms with Gasteiger partial charge in [-0.15, -0.1) is 0 Å². The van der Waals surface area contributed by atoms with E-state index >= 15 is 0 Å². The lowest BCUT2D eigenvalue weighted by molar-refractivity contribution is -0.125. The van der Waals surface area contributed by atoms with Gasteiger partial charge in [-0.1, -0.05) is 30.3 Å². The monoisotopic (exact) mass is 231 g/mol. The summed E-state index contributed by atoms with van der Waals surface area (Å²) in [6.07, 6.45) is 1.42. The summed E-state index contributed by atoms with van der Waals surface area (Å²) in [5.41, 5.74) is 1.27. The first-order valence-corrected chi connectivity index (χ1v) is 5.73. The zero-order chi connectivity index (χ0) is 12.1. The van der Waals surface area contributed by atoms with Gasteiger partial charge in [0.25, 0.3) is 12.2 Å². The highest BCUT2D eigenvalue weighted by Gasteiger charge is 2.20. The van der Waals surface area contributed by atoms with E-state index in [1.807, 2.05) is 18.2 Å². The molecule has 2 rings (SSSR count). The van der Waals surface area contributed by atoms with Crippen LogP contribution in [0, 0.1) is 0 Å². The topological polar surface area (TPSA) is 40.6 Å². The van der Waals surface area contributed by atoms with Crippen LogP contribution in [0.1, 0.15) is 5.56 Å². The quantitative estimate of drug-likeness (QED) is 0.709. The molecule has 1 heterocycles. The number of amides is 1. The van der Waals surface area contributed by atoms with Gasteiger partial charge in [0.15, 0.2) is 0 Å². The summed E-state index contributed by atoms with van der Waals surface area (Å²) in [5.74, 6) is -0.524. The fourth-order valence-electron chi connectivity index (χ4n) is 2.02. The van der Waals surface area contributed by atoms with Crippen molar-refractivity contribution in [3.63, 3.8) is 0 Å². The smallest absolute Gasteiger partial charge is 0.298 e. The molecule has 0 bridgehead atoms. The summed E-state index contributed by atoms with van der Waals surface area (Å²) in [4.78, 5) is 25.2. The lowest BCUT2D eigenvalue weighted by Gasteiger charge is -2.33. The summed E-state index contributed by atoms with van der Waals surface area (Å²) in [7, 11) is 0. The van der Waals surface area contributed by atoms with E-state index in [2.05, 4.69) is 17.0 Å². The van der Waals surface area contributed by atoms with Gasteiger partial charge >= 0.3 is 0 Å². The van der Waals surface area contributed by atoms with E-state index in [4.69, 9.17) is 0 Å². The Bertz CT molecular complexity index is 384. The molecule has 0 aliphatic carbocycles. The average Bonchev–Trinajstić information content (AvgIpc) is 2.40. The molecule has 17 heavy (non-hydrogen) atoms. The van der Waals surface area contributed by atoms with Crippen molar-refractivity contribution in [2.45, 2.75) is 6.54 Å². The van der Waals surface area contributed by atoms with E-state index in [0.29, 0.717) is 13.1 Å². The highest BCUT2D eigenvalue weighted by Crippen LogP contribution is 2.08. The molecule has 0 aromatic heterocycles. The molecule has 1 aromatic carbocycles. The van der Waals surface area contributed by atoms with E-state index in [1.165, 1.54) is 11.8 Å². The third kappa shape index (κ3) is 3.14. The van der Waals surface area contributed by atoms with E-state index in [1.54, 1.807) is 4.90 Å². The van der Waals surface area contributed by atoms with Gasteiger partial charge in [-0.05, 0) is 5.56 Å². The van der Waals surface area contributed by atoms with Crippen molar-refractivity contribution in [2.75, 3.05) is 26.2 Å². The lowest BCUT2D eigenvalue weighted by atomic mass is 10.2. The maximum atomic E-state index is 11.1.